The van der Waals surface area contributed by atoms with E-state index in [1.54, 1.807) is 24.3 Å². The lowest BCUT2D eigenvalue weighted by molar-refractivity contribution is -0.0783. The third-order valence-electron chi connectivity index (χ3n) is 4.46. The van der Waals surface area contributed by atoms with E-state index >= 15 is 0 Å². The van der Waals surface area contributed by atoms with Gasteiger partial charge in [-0.3, -0.25) is 0 Å². The Hall–Kier alpha value is -2.33. The summed E-state index contributed by atoms with van der Waals surface area (Å²) in [4.78, 5) is 11.8. The molecule has 146 valence electrons. The number of esters is 1. The van der Waals surface area contributed by atoms with E-state index in [0.29, 0.717) is 11.5 Å². The summed E-state index contributed by atoms with van der Waals surface area (Å²) in [5, 5.41) is 0. The van der Waals surface area contributed by atoms with E-state index in [1.807, 2.05) is 25.1 Å². The molecule has 0 saturated carbocycles. The molecule has 0 aliphatic carbocycles. The maximum Gasteiger partial charge on any atom is 0.338 e. The van der Waals surface area contributed by atoms with Crippen LogP contribution >= 0.6 is 0 Å². The Labute approximate surface area is 162 Å². The van der Waals surface area contributed by atoms with E-state index in [2.05, 4.69) is 26.0 Å². The Morgan fingerprint density at radius 2 is 1.67 bits per heavy atom. The molecule has 0 amide bonds. The Morgan fingerprint density at radius 3 is 2.30 bits per heavy atom. The number of ether oxygens (including phenoxy) is 3. The van der Waals surface area contributed by atoms with Crippen LogP contribution in [0.1, 0.15) is 61.9 Å². The molecular formula is C23H30O4. The average molecular weight is 370 g/mol. The minimum absolute atomic E-state index is 0.190. The zero-order valence-electron chi connectivity index (χ0n) is 16.5. The molecule has 0 aliphatic rings. The Kier molecular flexibility index (Phi) is 8.85. The summed E-state index contributed by atoms with van der Waals surface area (Å²) >= 11 is 0. The molecule has 2 atom stereocenters. The number of hydrogen-bond acceptors (Lipinski definition) is 4. The minimum atomic E-state index is -0.413. The zero-order valence-corrected chi connectivity index (χ0v) is 16.5. The Bertz CT molecular complexity index is 667. The molecule has 2 aromatic rings. The van der Waals surface area contributed by atoms with Gasteiger partial charge in [0, 0.05) is 0 Å². The molecule has 4 heteroatoms. The third-order valence-corrected chi connectivity index (χ3v) is 4.46. The van der Waals surface area contributed by atoms with Crippen LogP contribution in [-0.2, 0) is 9.47 Å². The molecule has 2 aromatic carbocycles. The molecule has 0 aromatic heterocycles. The zero-order chi connectivity index (χ0) is 19.5. The number of hydrogen-bond donors (Lipinski definition) is 0. The molecule has 2 unspecified atom stereocenters. The minimum Gasteiger partial charge on any atom is -0.465 e. The van der Waals surface area contributed by atoms with Crippen molar-refractivity contribution in [2.45, 2.75) is 52.2 Å². The molecule has 27 heavy (non-hydrogen) atoms. The standard InChI is InChI=1S/C23H30O4/c1-4-9-19(5-2)20-12-14-22(15-13-20)27-18(3)25-16-17-26-23(24)21-10-7-6-8-11-21/h6-8,10-15,18-19H,4-5,9,16-17H2,1-3H3. The van der Waals surface area contributed by atoms with Crippen LogP contribution in [0, 0.1) is 0 Å². The van der Waals surface area contributed by atoms with Crippen LogP contribution in [0.25, 0.3) is 0 Å². The summed E-state index contributed by atoms with van der Waals surface area (Å²) in [6.07, 6.45) is 3.13. The van der Waals surface area contributed by atoms with E-state index in [0.717, 1.165) is 12.2 Å². The van der Waals surface area contributed by atoms with Crippen molar-refractivity contribution in [3.63, 3.8) is 0 Å². The van der Waals surface area contributed by atoms with Crippen molar-refractivity contribution in [1.29, 1.82) is 0 Å². The first-order valence-corrected chi connectivity index (χ1v) is 9.74. The van der Waals surface area contributed by atoms with Crippen molar-refractivity contribution >= 4 is 5.97 Å². The van der Waals surface area contributed by atoms with Crippen LogP contribution in [0.15, 0.2) is 54.6 Å². The highest BCUT2D eigenvalue weighted by Crippen LogP contribution is 2.26. The summed E-state index contributed by atoms with van der Waals surface area (Å²) in [5.74, 6) is 1.04. The van der Waals surface area contributed by atoms with Gasteiger partial charge in [-0.15, -0.1) is 0 Å². The second-order valence-electron chi connectivity index (χ2n) is 6.52. The van der Waals surface area contributed by atoms with Crippen molar-refractivity contribution in [3.05, 3.63) is 65.7 Å². The van der Waals surface area contributed by atoms with Gasteiger partial charge in [-0.25, -0.2) is 4.79 Å². The van der Waals surface area contributed by atoms with Gasteiger partial charge in [0.15, 0.2) is 6.29 Å². The number of benzene rings is 2. The van der Waals surface area contributed by atoms with E-state index < -0.39 is 6.29 Å². The largest absolute Gasteiger partial charge is 0.465 e. The highest BCUT2D eigenvalue weighted by Gasteiger charge is 2.10. The molecule has 4 nitrogen and oxygen atoms in total. The highest BCUT2D eigenvalue weighted by molar-refractivity contribution is 5.89. The normalized spacial score (nSPS) is 13.0. The van der Waals surface area contributed by atoms with Crippen LogP contribution in [0.5, 0.6) is 5.75 Å². The summed E-state index contributed by atoms with van der Waals surface area (Å²) in [6, 6.07) is 17.2. The molecule has 0 heterocycles. The Balaban J connectivity index is 1.71. The summed E-state index contributed by atoms with van der Waals surface area (Å²) in [6.45, 7) is 6.75. The summed E-state index contributed by atoms with van der Waals surface area (Å²) in [5.41, 5.74) is 1.89. The average Bonchev–Trinajstić information content (AvgIpc) is 2.70. The van der Waals surface area contributed by atoms with Crippen molar-refractivity contribution in [3.8, 4) is 5.75 Å². The first-order valence-electron chi connectivity index (χ1n) is 9.74. The second-order valence-corrected chi connectivity index (χ2v) is 6.52. The lowest BCUT2D eigenvalue weighted by Crippen LogP contribution is -2.20. The fourth-order valence-electron chi connectivity index (χ4n) is 3.01. The Morgan fingerprint density at radius 1 is 0.963 bits per heavy atom. The SMILES string of the molecule is CCCC(CC)c1ccc(OC(C)OCCOC(=O)c2ccccc2)cc1. The molecule has 2 rings (SSSR count). The van der Waals surface area contributed by atoms with E-state index in [-0.39, 0.29) is 19.2 Å². The fraction of sp³-hybridized carbons (Fsp3) is 0.435. The summed E-state index contributed by atoms with van der Waals surface area (Å²) < 4.78 is 16.5. The van der Waals surface area contributed by atoms with Gasteiger partial charge in [0.25, 0.3) is 0 Å². The van der Waals surface area contributed by atoms with Gasteiger partial charge in [0.2, 0.25) is 0 Å². The van der Waals surface area contributed by atoms with Gasteiger partial charge in [0.1, 0.15) is 12.4 Å². The first-order chi connectivity index (χ1) is 13.1. The van der Waals surface area contributed by atoms with Crippen LogP contribution in [-0.4, -0.2) is 25.5 Å². The van der Waals surface area contributed by atoms with E-state index in [4.69, 9.17) is 14.2 Å². The van der Waals surface area contributed by atoms with Gasteiger partial charge in [-0.1, -0.05) is 50.6 Å². The van der Waals surface area contributed by atoms with Crippen LogP contribution in [0.3, 0.4) is 0 Å². The summed E-state index contributed by atoms with van der Waals surface area (Å²) in [7, 11) is 0. The quantitative estimate of drug-likeness (QED) is 0.294. The monoisotopic (exact) mass is 370 g/mol. The molecule has 0 N–H and O–H groups in total. The molecule has 0 radical (unpaired) electrons. The van der Waals surface area contributed by atoms with Gasteiger partial charge in [-0.05, 0) is 55.5 Å². The van der Waals surface area contributed by atoms with Gasteiger partial charge in [0.05, 0.1) is 12.2 Å². The van der Waals surface area contributed by atoms with Crippen molar-refractivity contribution in [2.75, 3.05) is 13.2 Å². The molecule has 0 saturated heterocycles. The topological polar surface area (TPSA) is 44.8 Å². The molecule has 0 fully saturated rings. The van der Waals surface area contributed by atoms with Gasteiger partial charge in [-0.2, -0.15) is 0 Å². The molecule has 0 bridgehead atoms. The predicted octanol–water partition coefficient (Wildman–Crippen LogP) is 5.58. The molecular weight excluding hydrogens is 340 g/mol. The first kappa shape index (κ1) is 21.0. The highest BCUT2D eigenvalue weighted by atomic mass is 16.7. The van der Waals surface area contributed by atoms with Gasteiger partial charge < -0.3 is 14.2 Å². The van der Waals surface area contributed by atoms with Crippen molar-refractivity contribution in [2.24, 2.45) is 0 Å². The predicted molar refractivity (Wildman–Crippen MR) is 107 cm³/mol. The lowest BCUT2D eigenvalue weighted by Gasteiger charge is -2.17. The maximum absolute atomic E-state index is 11.8. The van der Waals surface area contributed by atoms with Crippen LogP contribution in [0.2, 0.25) is 0 Å². The second kappa shape index (κ2) is 11.4. The van der Waals surface area contributed by atoms with Crippen LogP contribution in [0.4, 0.5) is 0 Å². The number of rotatable bonds is 11. The maximum atomic E-state index is 11.8. The lowest BCUT2D eigenvalue weighted by atomic mass is 9.92. The third kappa shape index (κ3) is 7.06. The van der Waals surface area contributed by atoms with E-state index in [1.165, 1.54) is 18.4 Å². The smallest absolute Gasteiger partial charge is 0.338 e. The molecule has 0 spiro atoms. The van der Waals surface area contributed by atoms with Crippen LogP contribution < -0.4 is 4.74 Å². The van der Waals surface area contributed by atoms with Crippen molar-refractivity contribution in [1.82, 2.24) is 0 Å². The van der Waals surface area contributed by atoms with E-state index in [9.17, 15) is 4.79 Å². The fourth-order valence-corrected chi connectivity index (χ4v) is 3.01. The molecule has 0 aliphatic heterocycles. The van der Waals surface area contributed by atoms with Crippen molar-refractivity contribution < 1.29 is 19.0 Å². The van der Waals surface area contributed by atoms with Gasteiger partial charge >= 0.3 is 5.97 Å². The number of carbonyl (C=O) groups is 1. The number of carbonyl (C=O) groups excluding carboxylic acids is 1.